The fraction of sp³-hybridized carbons (Fsp3) is 0.688. The molecule has 0 aromatic carbocycles. The van der Waals surface area contributed by atoms with E-state index in [1.165, 1.54) is 29.7 Å². The van der Waals surface area contributed by atoms with Gasteiger partial charge in [-0.15, -0.1) is 22.9 Å². The number of fused-ring (bicyclic) bond motifs is 1. The summed E-state index contributed by atoms with van der Waals surface area (Å²) in [6.45, 7) is 4.30. The highest BCUT2D eigenvalue weighted by atomic mass is 35.5. The molecule has 0 spiro atoms. The van der Waals surface area contributed by atoms with Crippen molar-refractivity contribution in [3.63, 3.8) is 0 Å². The second kappa shape index (κ2) is 7.46. The number of rotatable bonds is 5. The Labute approximate surface area is 130 Å². The summed E-state index contributed by atoms with van der Waals surface area (Å²) < 4.78 is 0. The first-order valence-electron chi connectivity index (χ1n) is 7.58. The summed E-state index contributed by atoms with van der Waals surface area (Å²) in [6.07, 6.45) is 7.02. The van der Waals surface area contributed by atoms with Crippen LogP contribution in [0.5, 0.6) is 0 Å². The number of alkyl halides is 1. The third-order valence-electron chi connectivity index (χ3n) is 3.75. The van der Waals surface area contributed by atoms with E-state index in [2.05, 4.69) is 25.2 Å². The molecule has 2 rings (SSSR count). The minimum atomic E-state index is 0.0503. The van der Waals surface area contributed by atoms with Crippen molar-refractivity contribution in [2.45, 2.75) is 58.4 Å². The van der Waals surface area contributed by atoms with Gasteiger partial charge >= 0.3 is 0 Å². The zero-order chi connectivity index (χ0) is 14.5. The Morgan fingerprint density at radius 1 is 1.35 bits per heavy atom. The maximum absolute atomic E-state index is 12.3. The van der Waals surface area contributed by atoms with Crippen LogP contribution in [-0.2, 0) is 12.8 Å². The van der Waals surface area contributed by atoms with E-state index in [0.29, 0.717) is 11.8 Å². The fourth-order valence-electron chi connectivity index (χ4n) is 2.77. The van der Waals surface area contributed by atoms with Crippen molar-refractivity contribution in [3.8, 4) is 0 Å². The highest BCUT2D eigenvalue weighted by Crippen LogP contribution is 2.29. The van der Waals surface area contributed by atoms with Crippen molar-refractivity contribution in [3.05, 3.63) is 21.4 Å². The molecule has 1 aromatic rings. The van der Waals surface area contributed by atoms with Crippen molar-refractivity contribution in [2.24, 2.45) is 5.92 Å². The molecule has 1 heterocycles. The van der Waals surface area contributed by atoms with Crippen molar-refractivity contribution in [1.29, 1.82) is 0 Å². The number of aryl methyl sites for hydroxylation is 2. The van der Waals surface area contributed by atoms with Gasteiger partial charge in [-0.25, -0.2) is 0 Å². The molecule has 0 saturated carbocycles. The molecule has 20 heavy (non-hydrogen) atoms. The number of amides is 1. The SMILES string of the molecule is CC(C)CC(CCl)NC(=O)c1cc2c(s1)CCCCC2. The van der Waals surface area contributed by atoms with Crippen LogP contribution < -0.4 is 5.32 Å². The molecule has 1 unspecified atom stereocenters. The van der Waals surface area contributed by atoms with Crippen LogP contribution in [0.2, 0.25) is 0 Å². The third kappa shape index (κ3) is 4.23. The Hall–Kier alpha value is -0.540. The molecule has 1 N–H and O–H groups in total. The van der Waals surface area contributed by atoms with Gasteiger partial charge in [0, 0.05) is 16.8 Å². The van der Waals surface area contributed by atoms with E-state index in [1.807, 2.05) is 0 Å². The summed E-state index contributed by atoms with van der Waals surface area (Å²) >= 11 is 7.63. The standard InChI is InChI=1S/C16H24ClNOS/c1-11(2)8-13(10-17)18-16(19)15-9-12-6-4-3-5-7-14(12)20-15/h9,11,13H,3-8,10H2,1-2H3,(H,18,19). The molecule has 1 atom stereocenters. The molecule has 1 aliphatic carbocycles. The van der Waals surface area contributed by atoms with E-state index in [9.17, 15) is 4.79 Å². The summed E-state index contributed by atoms with van der Waals surface area (Å²) in [5, 5.41) is 3.08. The summed E-state index contributed by atoms with van der Waals surface area (Å²) in [5.41, 5.74) is 1.39. The fourth-order valence-corrected chi connectivity index (χ4v) is 4.13. The van der Waals surface area contributed by atoms with Gasteiger partial charge in [-0.2, -0.15) is 0 Å². The van der Waals surface area contributed by atoms with Gasteiger partial charge in [0.2, 0.25) is 0 Å². The van der Waals surface area contributed by atoms with Crippen LogP contribution in [0, 0.1) is 5.92 Å². The molecule has 2 nitrogen and oxygen atoms in total. The monoisotopic (exact) mass is 313 g/mol. The Bertz CT molecular complexity index is 432. The smallest absolute Gasteiger partial charge is 0.261 e. The Balaban J connectivity index is 2.02. The summed E-state index contributed by atoms with van der Waals surface area (Å²) in [5.74, 6) is 1.07. The van der Waals surface area contributed by atoms with Crippen molar-refractivity contribution >= 4 is 28.8 Å². The molecule has 0 radical (unpaired) electrons. The second-order valence-electron chi connectivity index (χ2n) is 6.07. The topological polar surface area (TPSA) is 29.1 Å². The van der Waals surface area contributed by atoms with Gasteiger partial charge in [-0.3, -0.25) is 4.79 Å². The lowest BCUT2D eigenvalue weighted by molar-refractivity contribution is 0.0940. The van der Waals surface area contributed by atoms with Gasteiger partial charge in [0.25, 0.3) is 5.91 Å². The van der Waals surface area contributed by atoms with Gasteiger partial charge in [0.1, 0.15) is 0 Å². The maximum atomic E-state index is 12.3. The molecule has 1 aliphatic rings. The van der Waals surface area contributed by atoms with E-state index in [0.717, 1.165) is 24.1 Å². The number of nitrogens with one attached hydrogen (secondary N) is 1. The number of halogens is 1. The maximum Gasteiger partial charge on any atom is 0.261 e. The first-order chi connectivity index (χ1) is 9.60. The van der Waals surface area contributed by atoms with Crippen LogP contribution in [0.25, 0.3) is 0 Å². The number of carbonyl (C=O) groups is 1. The molecular formula is C16H24ClNOS. The molecule has 4 heteroatoms. The van der Waals surface area contributed by atoms with E-state index in [1.54, 1.807) is 11.3 Å². The largest absolute Gasteiger partial charge is 0.347 e. The number of hydrogen-bond donors (Lipinski definition) is 1. The lowest BCUT2D eigenvalue weighted by Gasteiger charge is -2.17. The van der Waals surface area contributed by atoms with E-state index in [-0.39, 0.29) is 11.9 Å². The predicted molar refractivity (Wildman–Crippen MR) is 87.0 cm³/mol. The molecule has 0 aliphatic heterocycles. The molecule has 1 amide bonds. The van der Waals surface area contributed by atoms with E-state index >= 15 is 0 Å². The van der Waals surface area contributed by atoms with Crippen LogP contribution in [0.1, 0.15) is 59.6 Å². The first-order valence-corrected chi connectivity index (χ1v) is 8.93. The quantitative estimate of drug-likeness (QED) is 0.633. The van der Waals surface area contributed by atoms with E-state index in [4.69, 9.17) is 11.6 Å². The highest BCUT2D eigenvalue weighted by molar-refractivity contribution is 7.14. The molecule has 0 bridgehead atoms. The second-order valence-corrected chi connectivity index (χ2v) is 7.52. The molecule has 0 fully saturated rings. The minimum absolute atomic E-state index is 0.0503. The van der Waals surface area contributed by atoms with Gasteiger partial charge < -0.3 is 5.32 Å². The van der Waals surface area contributed by atoms with Crippen LogP contribution in [0.3, 0.4) is 0 Å². The number of hydrogen-bond acceptors (Lipinski definition) is 2. The minimum Gasteiger partial charge on any atom is -0.347 e. The number of thiophene rings is 1. The van der Waals surface area contributed by atoms with Gasteiger partial charge in [-0.1, -0.05) is 20.3 Å². The number of carbonyl (C=O) groups excluding carboxylic acids is 1. The Kier molecular flexibility index (Phi) is 5.91. The molecule has 112 valence electrons. The summed E-state index contributed by atoms with van der Waals surface area (Å²) in [6, 6.07) is 2.17. The predicted octanol–water partition coefficient (Wildman–Crippen LogP) is 4.40. The van der Waals surface area contributed by atoms with Crippen molar-refractivity contribution in [2.75, 3.05) is 5.88 Å². The summed E-state index contributed by atoms with van der Waals surface area (Å²) in [7, 11) is 0. The van der Waals surface area contributed by atoms with Crippen LogP contribution >= 0.6 is 22.9 Å². The Morgan fingerprint density at radius 3 is 2.80 bits per heavy atom. The third-order valence-corrected chi connectivity index (χ3v) is 5.36. The zero-order valence-corrected chi connectivity index (χ0v) is 13.9. The average Bonchev–Trinajstić information content (AvgIpc) is 2.69. The van der Waals surface area contributed by atoms with Crippen molar-refractivity contribution < 1.29 is 4.79 Å². The van der Waals surface area contributed by atoms with Gasteiger partial charge in [-0.05, 0) is 49.7 Å². The normalized spacial score (nSPS) is 16.6. The molecule has 1 aromatic heterocycles. The van der Waals surface area contributed by atoms with Crippen LogP contribution in [0.15, 0.2) is 6.07 Å². The lowest BCUT2D eigenvalue weighted by atomic mass is 10.1. The average molecular weight is 314 g/mol. The Morgan fingerprint density at radius 2 is 2.10 bits per heavy atom. The summed E-state index contributed by atoms with van der Waals surface area (Å²) in [4.78, 5) is 14.6. The van der Waals surface area contributed by atoms with E-state index < -0.39 is 0 Å². The van der Waals surface area contributed by atoms with Crippen LogP contribution in [0.4, 0.5) is 0 Å². The van der Waals surface area contributed by atoms with Gasteiger partial charge in [0.05, 0.1) is 4.88 Å². The lowest BCUT2D eigenvalue weighted by Crippen LogP contribution is -2.36. The first kappa shape index (κ1) is 15.8. The zero-order valence-electron chi connectivity index (χ0n) is 12.4. The van der Waals surface area contributed by atoms with Crippen molar-refractivity contribution in [1.82, 2.24) is 5.32 Å². The van der Waals surface area contributed by atoms with Crippen LogP contribution in [-0.4, -0.2) is 17.8 Å². The molecular weight excluding hydrogens is 290 g/mol. The van der Waals surface area contributed by atoms with Gasteiger partial charge in [0.15, 0.2) is 0 Å². The molecule has 0 saturated heterocycles. The highest BCUT2D eigenvalue weighted by Gasteiger charge is 2.19.